The Balaban J connectivity index is 1.25. The van der Waals surface area contributed by atoms with Crippen LogP contribution in [0.4, 0.5) is 0 Å². The van der Waals surface area contributed by atoms with E-state index < -0.39 is 0 Å². The highest BCUT2D eigenvalue weighted by Crippen LogP contribution is 2.33. The van der Waals surface area contributed by atoms with Gasteiger partial charge in [-0.1, -0.05) is 18.2 Å². The highest BCUT2D eigenvalue weighted by molar-refractivity contribution is 5.83. The molecule has 2 aromatic rings. The number of likely N-dealkylation sites (tertiary alicyclic amines) is 2. The van der Waals surface area contributed by atoms with Gasteiger partial charge >= 0.3 is 5.97 Å². The second-order valence-electron chi connectivity index (χ2n) is 8.25. The van der Waals surface area contributed by atoms with E-state index in [0.29, 0.717) is 45.0 Å². The number of carbonyl (C=O) groups excluding carboxylic acids is 2. The molecule has 2 aliphatic heterocycles. The van der Waals surface area contributed by atoms with Crippen molar-refractivity contribution in [3.63, 3.8) is 0 Å². The molecule has 0 atom stereocenters. The molecule has 6 nitrogen and oxygen atoms in total. The lowest BCUT2D eigenvalue weighted by molar-refractivity contribution is -0.151. The average Bonchev–Trinajstić information content (AvgIpc) is 3.19. The van der Waals surface area contributed by atoms with E-state index in [2.05, 4.69) is 40.3 Å². The van der Waals surface area contributed by atoms with E-state index in [1.807, 2.05) is 11.8 Å². The Morgan fingerprint density at radius 3 is 2.52 bits per heavy atom. The maximum Gasteiger partial charge on any atom is 0.309 e. The molecular weight excluding hydrogens is 366 g/mol. The zero-order valence-electron chi connectivity index (χ0n) is 17.2. The first-order valence-corrected chi connectivity index (χ1v) is 10.9. The molecule has 2 fully saturated rings. The maximum atomic E-state index is 12.7. The minimum absolute atomic E-state index is 0.0501. The number of hydrogen-bond donors (Lipinski definition) is 1. The Bertz CT molecular complexity index is 846. The fraction of sp³-hybridized carbons (Fsp3) is 0.565. The van der Waals surface area contributed by atoms with Gasteiger partial charge in [-0.25, -0.2) is 0 Å². The monoisotopic (exact) mass is 397 g/mol. The van der Waals surface area contributed by atoms with E-state index in [4.69, 9.17) is 4.74 Å². The highest BCUT2D eigenvalue weighted by Gasteiger charge is 2.30. The minimum atomic E-state index is -0.112. The zero-order valence-corrected chi connectivity index (χ0v) is 17.2. The van der Waals surface area contributed by atoms with Gasteiger partial charge in [0.15, 0.2) is 0 Å². The molecule has 29 heavy (non-hydrogen) atoms. The van der Waals surface area contributed by atoms with Gasteiger partial charge in [0.05, 0.1) is 19.1 Å². The summed E-state index contributed by atoms with van der Waals surface area (Å²) in [7, 11) is 0. The molecule has 4 rings (SSSR count). The number of nitrogens with one attached hydrogen (secondary N) is 1. The third-order valence-electron chi connectivity index (χ3n) is 6.48. The van der Waals surface area contributed by atoms with Gasteiger partial charge in [0.2, 0.25) is 5.91 Å². The summed E-state index contributed by atoms with van der Waals surface area (Å²) in [6.07, 6.45) is 5.75. The van der Waals surface area contributed by atoms with Crippen LogP contribution in [0.25, 0.3) is 10.9 Å². The summed E-state index contributed by atoms with van der Waals surface area (Å²) in [6, 6.07) is 8.47. The molecule has 0 radical (unpaired) electrons. The first-order chi connectivity index (χ1) is 14.2. The van der Waals surface area contributed by atoms with Gasteiger partial charge in [-0.3, -0.25) is 14.5 Å². The molecule has 1 aromatic heterocycles. The maximum absolute atomic E-state index is 12.7. The van der Waals surface area contributed by atoms with E-state index in [1.165, 1.54) is 16.5 Å². The fourth-order valence-electron chi connectivity index (χ4n) is 4.75. The topological polar surface area (TPSA) is 65.6 Å². The summed E-state index contributed by atoms with van der Waals surface area (Å²) in [4.78, 5) is 32.2. The first kappa shape index (κ1) is 20.0. The van der Waals surface area contributed by atoms with Crippen molar-refractivity contribution in [2.24, 2.45) is 5.92 Å². The molecule has 0 saturated carbocycles. The van der Waals surface area contributed by atoms with Gasteiger partial charge in [0, 0.05) is 30.2 Å². The summed E-state index contributed by atoms with van der Waals surface area (Å²) in [5.41, 5.74) is 2.61. The SMILES string of the molecule is CCOC(=O)C1CCN(C(=O)CN2CCC(c3c[nH]c4ccccc34)CC2)CC1. The number of piperidine rings is 2. The van der Waals surface area contributed by atoms with Crippen LogP contribution in [0.2, 0.25) is 0 Å². The van der Waals surface area contributed by atoms with Gasteiger partial charge in [-0.2, -0.15) is 0 Å². The van der Waals surface area contributed by atoms with E-state index in [1.54, 1.807) is 0 Å². The lowest BCUT2D eigenvalue weighted by atomic mass is 9.89. The molecule has 2 saturated heterocycles. The Labute approximate surface area is 172 Å². The number of aromatic amines is 1. The summed E-state index contributed by atoms with van der Waals surface area (Å²) in [6.45, 7) is 5.97. The molecule has 0 aliphatic carbocycles. The summed E-state index contributed by atoms with van der Waals surface area (Å²) in [5, 5.41) is 1.33. The number of amides is 1. The molecule has 1 aromatic carbocycles. The van der Waals surface area contributed by atoms with Crippen molar-refractivity contribution in [2.75, 3.05) is 39.3 Å². The van der Waals surface area contributed by atoms with Crippen LogP contribution in [0.1, 0.15) is 44.1 Å². The van der Waals surface area contributed by atoms with Gasteiger partial charge in [0.1, 0.15) is 0 Å². The number of benzene rings is 1. The fourth-order valence-corrected chi connectivity index (χ4v) is 4.75. The van der Waals surface area contributed by atoms with Crippen LogP contribution in [0.3, 0.4) is 0 Å². The lowest BCUT2D eigenvalue weighted by Gasteiger charge is -2.35. The van der Waals surface area contributed by atoms with Gasteiger partial charge < -0.3 is 14.6 Å². The van der Waals surface area contributed by atoms with Crippen molar-refractivity contribution >= 4 is 22.8 Å². The number of ether oxygens (including phenoxy) is 1. The van der Waals surface area contributed by atoms with E-state index in [0.717, 1.165) is 25.9 Å². The van der Waals surface area contributed by atoms with Crippen LogP contribution in [0, 0.1) is 5.92 Å². The van der Waals surface area contributed by atoms with Crippen LogP contribution in [0.5, 0.6) is 0 Å². The molecule has 2 aliphatic rings. The van der Waals surface area contributed by atoms with Crippen LogP contribution in [-0.2, 0) is 14.3 Å². The number of para-hydroxylation sites is 1. The quantitative estimate of drug-likeness (QED) is 0.787. The summed E-state index contributed by atoms with van der Waals surface area (Å²) < 4.78 is 5.11. The number of fused-ring (bicyclic) bond motifs is 1. The third-order valence-corrected chi connectivity index (χ3v) is 6.48. The summed E-state index contributed by atoms with van der Waals surface area (Å²) >= 11 is 0. The number of esters is 1. The summed E-state index contributed by atoms with van der Waals surface area (Å²) in [5.74, 6) is 0.584. The highest BCUT2D eigenvalue weighted by atomic mass is 16.5. The minimum Gasteiger partial charge on any atom is -0.466 e. The Morgan fingerprint density at radius 1 is 1.07 bits per heavy atom. The number of nitrogens with zero attached hydrogens (tertiary/aromatic N) is 2. The van der Waals surface area contributed by atoms with E-state index in [9.17, 15) is 9.59 Å². The Morgan fingerprint density at radius 2 is 1.79 bits per heavy atom. The van der Waals surface area contributed by atoms with Gasteiger partial charge in [-0.05, 0) is 63.2 Å². The van der Waals surface area contributed by atoms with Crippen LogP contribution in [0.15, 0.2) is 30.5 Å². The Hall–Kier alpha value is -2.34. The van der Waals surface area contributed by atoms with Crippen LogP contribution >= 0.6 is 0 Å². The normalized spacial score (nSPS) is 19.6. The molecule has 156 valence electrons. The number of carbonyl (C=O) groups is 2. The van der Waals surface area contributed by atoms with Gasteiger partial charge in [0.25, 0.3) is 0 Å². The van der Waals surface area contributed by atoms with Crippen LogP contribution in [-0.4, -0.2) is 66.0 Å². The molecule has 0 spiro atoms. The van der Waals surface area contributed by atoms with Crippen molar-refractivity contribution in [2.45, 2.75) is 38.5 Å². The van der Waals surface area contributed by atoms with Crippen molar-refractivity contribution in [1.29, 1.82) is 0 Å². The first-order valence-electron chi connectivity index (χ1n) is 10.9. The predicted molar refractivity (Wildman–Crippen MR) is 113 cm³/mol. The van der Waals surface area contributed by atoms with Crippen molar-refractivity contribution in [3.05, 3.63) is 36.0 Å². The molecule has 1 N–H and O–H groups in total. The molecule has 0 bridgehead atoms. The smallest absolute Gasteiger partial charge is 0.309 e. The molecule has 1 amide bonds. The molecule has 0 unspecified atom stereocenters. The zero-order chi connectivity index (χ0) is 20.2. The molecule has 6 heteroatoms. The number of hydrogen-bond acceptors (Lipinski definition) is 4. The average molecular weight is 398 g/mol. The molecule has 3 heterocycles. The third kappa shape index (κ3) is 4.47. The van der Waals surface area contributed by atoms with Crippen molar-refractivity contribution < 1.29 is 14.3 Å². The number of aromatic nitrogens is 1. The Kier molecular flexibility index (Phi) is 6.19. The van der Waals surface area contributed by atoms with Crippen LogP contribution < -0.4 is 0 Å². The van der Waals surface area contributed by atoms with E-state index >= 15 is 0 Å². The largest absolute Gasteiger partial charge is 0.466 e. The standard InChI is InChI=1S/C23H31N3O3/c1-2-29-23(28)18-9-13-26(14-10-18)22(27)16-25-11-7-17(8-12-25)20-15-24-21-6-4-3-5-19(20)21/h3-6,15,17-18,24H,2,7-14,16H2,1H3. The number of H-pyrrole nitrogens is 1. The second kappa shape index (κ2) is 8.99. The predicted octanol–water partition coefficient (Wildman–Crippen LogP) is 3.15. The number of rotatable bonds is 5. The van der Waals surface area contributed by atoms with E-state index in [-0.39, 0.29) is 17.8 Å². The van der Waals surface area contributed by atoms with Gasteiger partial charge in [-0.15, -0.1) is 0 Å². The van der Waals surface area contributed by atoms with Crippen molar-refractivity contribution in [1.82, 2.24) is 14.8 Å². The molecular formula is C23H31N3O3. The lowest BCUT2D eigenvalue weighted by Crippen LogP contribution is -2.46. The second-order valence-corrected chi connectivity index (χ2v) is 8.25. The van der Waals surface area contributed by atoms with Crippen molar-refractivity contribution in [3.8, 4) is 0 Å².